The summed E-state index contributed by atoms with van der Waals surface area (Å²) in [5, 5.41) is 0.503. The summed E-state index contributed by atoms with van der Waals surface area (Å²) in [4.78, 5) is 4.02. The topological polar surface area (TPSA) is 22.1 Å². The van der Waals surface area contributed by atoms with Crippen LogP contribution in [0.25, 0.3) is 0 Å². The van der Waals surface area contributed by atoms with E-state index in [0.29, 0.717) is 11.8 Å². The van der Waals surface area contributed by atoms with E-state index in [-0.39, 0.29) is 0 Å². The van der Waals surface area contributed by atoms with Crippen LogP contribution >= 0.6 is 11.6 Å². The van der Waals surface area contributed by atoms with Gasteiger partial charge in [-0.25, -0.2) is 4.98 Å². The molecule has 0 aliphatic rings. The second-order valence-electron chi connectivity index (χ2n) is 3.74. The number of hydrogen-bond donors (Lipinski definition) is 0. The van der Waals surface area contributed by atoms with Crippen LogP contribution in [0.2, 0.25) is 5.15 Å². The second kappa shape index (κ2) is 5.69. The molecular weight excluding hydrogens is 234 g/mol. The minimum Gasteiger partial charge on any atom is -0.489 e. The third-order valence-corrected chi connectivity index (χ3v) is 2.76. The zero-order chi connectivity index (χ0) is 12.1. The number of rotatable bonds is 4. The molecule has 0 radical (unpaired) electrons. The number of pyridine rings is 1. The van der Waals surface area contributed by atoms with Crippen LogP contribution in [0.4, 0.5) is 0 Å². The first kappa shape index (κ1) is 11.9. The lowest BCUT2D eigenvalue weighted by Gasteiger charge is -2.09. The lowest BCUT2D eigenvalue weighted by Crippen LogP contribution is -1.98. The number of halogens is 1. The SMILES string of the molecule is CCc1ccccc1OCc1ccc(Cl)nc1. The number of aryl methyl sites for hydroxylation is 1. The Morgan fingerprint density at radius 2 is 2.00 bits per heavy atom. The standard InChI is InChI=1S/C14H14ClNO/c1-2-12-5-3-4-6-13(12)17-10-11-7-8-14(15)16-9-11/h3-9H,2,10H2,1H3. The molecule has 0 fully saturated rings. The van der Waals surface area contributed by atoms with Gasteiger partial charge in [0.05, 0.1) is 0 Å². The van der Waals surface area contributed by atoms with Crippen molar-refractivity contribution in [1.29, 1.82) is 0 Å². The first-order valence-corrected chi connectivity index (χ1v) is 5.98. The molecule has 0 saturated carbocycles. The molecule has 0 N–H and O–H groups in total. The Labute approximate surface area is 106 Å². The fourth-order valence-electron chi connectivity index (χ4n) is 1.59. The minimum atomic E-state index is 0.503. The lowest BCUT2D eigenvalue weighted by atomic mass is 10.1. The first-order valence-electron chi connectivity index (χ1n) is 5.60. The number of aromatic nitrogens is 1. The lowest BCUT2D eigenvalue weighted by molar-refractivity contribution is 0.302. The number of ether oxygens (including phenoxy) is 1. The Morgan fingerprint density at radius 3 is 2.71 bits per heavy atom. The Balaban J connectivity index is 2.04. The summed E-state index contributed by atoms with van der Waals surface area (Å²) in [7, 11) is 0. The quantitative estimate of drug-likeness (QED) is 0.765. The predicted molar refractivity (Wildman–Crippen MR) is 69.4 cm³/mol. The number of benzene rings is 1. The molecule has 2 aromatic rings. The van der Waals surface area contributed by atoms with E-state index >= 15 is 0 Å². The molecule has 0 amide bonds. The molecule has 3 heteroatoms. The molecule has 1 aromatic heterocycles. The van der Waals surface area contributed by atoms with Crippen molar-refractivity contribution >= 4 is 11.6 Å². The molecular formula is C14H14ClNO. The maximum absolute atomic E-state index is 5.77. The van der Waals surface area contributed by atoms with E-state index in [9.17, 15) is 0 Å². The minimum absolute atomic E-state index is 0.503. The van der Waals surface area contributed by atoms with Crippen LogP contribution in [0, 0.1) is 0 Å². The summed E-state index contributed by atoms with van der Waals surface area (Å²) in [6.45, 7) is 2.63. The van der Waals surface area contributed by atoms with Crippen LogP contribution in [0.3, 0.4) is 0 Å². The van der Waals surface area contributed by atoms with Gasteiger partial charge in [-0.15, -0.1) is 0 Å². The van der Waals surface area contributed by atoms with E-state index in [1.807, 2.05) is 24.3 Å². The van der Waals surface area contributed by atoms with Crippen LogP contribution in [0.15, 0.2) is 42.6 Å². The average molecular weight is 248 g/mol. The fraction of sp³-hybridized carbons (Fsp3) is 0.214. The van der Waals surface area contributed by atoms with Crippen LogP contribution in [0.1, 0.15) is 18.1 Å². The summed E-state index contributed by atoms with van der Waals surface area (Å²) in [6, 6.07) is 11.8. The molecule has 17 heavy (non-hydrogen) atoms. The second-order valence-corrected chi connectivity index (χ2v) is 4.13. The van der Waals surface area contributed by atoms with Gasteiger partial charge in [0.25, 0.3) is 0 Å². The number of nitrogens with zero attached hydrogens (tertiary/aromatic N) is 1. The molecule has 0 aliphatic carbocycles. The molecule has 2 nitrogen and oxygen atoms in total. The van der Waals surface area contributed by atoms with Gasteiger partial charge in [-0.3, -0.25) is 0 Å². The summed E-state index contributed by atoms with van der Waals surface area (Å²) < 4.78 is 5.77. The van der Waals surface area contributed by atoms with Gasteiger partial charge in [0.2, 0.25) is 0 Å². The molecule has 1 aromatic carbocycles. The highest BCUT2D eigenvalue weighted by atomic mass is 35.5. The van der Waals surface area contributed by atoms with Crippen LogP contribution in [0.5, 0.6) is 5.75 Å². The van der Waals surface area contributed by atoms with Crippen molar-refractivity contribution < 1.29 is 4.74 Å². The van der Waals surface area contributed by atoms with Crippen molar-refractivity contribution in [2.24, 2.45) is 0 Å². The van der Waals surface area contributed by atoms with E-state index in [2.05, 4.69) is 18.0 Å². The highest BCUT2D eigenvalue weighted by Gasteiger charge is 2.01. The van der Waals surface area contributed by atoms with Gasteiger partial charge in [0.1, 0.15) is 17.5 Å². The molecule has 0 spiro atoms. The number of hydrogen-bond acceptors (Lipinski definition) is 2. The Hall–Kier alpha value is -1.54. The van der Waals surface area contributed by atoms with Crippen molar-refractivity contribution in [3.63, 3.8) is 0 Å². The van der Waals surface area contributed by atoms with Gasteiger partial charge < -0.3 is 4.74 Å². The molecule has 1 heterocycles. The largest absolute Gasteiger partial charge is 0.489 e. The monoisotopic (exact) mass is 247 g/mol. The van der Waals surface area contributed by atoms with Gasteiger partial charge in [-0.05, 0) is 24.1 Å². The van der Waals surface area contributed by atoms with E-state index in [1.165, 1.54) is 5.56 Å². The van der Waals surface area contributed by atoms with Crippen molar-refractivity contribution in [2.45, 2.75) is 20.0 Å². The zero-order valence-electron chi connectivity index (χ0n) is 9.69. The molecule has 0 unspecified atom stereocenters. The summed E-state index contributed by atoms with van der Waals surface area (Å²) in [6.07, 6.45) is 2.70. The molecule has 0 saturated heterocycles. The fourth-order valence-corrected chi connectivity index (χ4v) is 1.70. The highest BCUT2D eigenvalue weighted by molar-refractivity contribution is 6.29. The van der Waals surface area contributed by atoms with Gasteiger partial charge in [-0.2, -0.15) is 0 Å². The van der Waals surface area contributed by atoms with Gasteiger partial charge in [0.15, 0.2) is 0 Å². The third kappa shape index (κ3) is 3.21. The predicted octanol–water partition coefficient (Wildman–Crippen LogP) is 3.88. The first-order chi connectivity index (χ1) is 8.29. The van der Waals surface area contributed by atoms with E-state index in [4.69, 9.17) is 16.3 Å². The van der Waals surface area contributed by atoms with Crippen molar-refractivity contribution in [1.82, 2.24) is 4.98 Å². The average Bonchev–Trinajstić information content (AvgIpc) is 2.38. The summed E-state index contributed by atoms with van der Waals surface area (Å²) in [5.74, 6) is 0.935. The van der Waals surface area contributed by atoms with Crippen molar-refractivity contribution in [3.8, 4) is 5.75 Å². The normalized spacial score (nSPS) is 10.2. The Bertz CT molecular complexity index is 482. The van der Waals surface area contributed by atoms with Crippen molar-refractivity contribution in [3.05, 3.63) is 58.9 Å². The van der Waals surface area contributed by atoms with E-state index in [1.54, 1.807) is 12.3 Å². The van der Waals surface area contributed by atoms with Crippen LogP contribution in [-0.2, 0) is 13.0 Å². The summed E-state index contributed by atoms with van der Waals surface area (Å²) in [5.41, 5.74) is 2.23. The smallest absolute Gasteiger partial charge is 0.129 e. The van der Waals surface area contributed by atoms with Crippen LogP contribution < -0.4 is 4.74 Å². The molecule has 0 bridgehead atoms. The van der Waals surface area contributed by atoms with E-state index in [0.717, 1.165) is 17.7 Å². The van der Waals surface area contributed by atoms with Crippen molar-refractivity contribution in [2.75, 3.05) is 0 Å². The van der Waals surface area contributed by atoms with E-state index < -0.39 is 0 Å². The van der Waals surface area contributed by atoms with Gasteiger partial charge >= 0.3 is 0 Å². The summed E-state index contributed by atoms with van der Waals surface area (Å²) >= 11 is 5.72. The highest BCUT2D eigenvalue weighted by Crippen LogP contribution is 2.19. The Morgan fingerprint density at radius 1 is 1.18 bits per heavy atom. The zero-order valence-corrected chi connectivity index (χ0v) is 10.4. The van der Waals surface area contributed by atoms with Crippen LogP contribution in [-0.4, -0.2) is 4.98 Å². The maximum atomic E-state index is 5.77. The van der Waals surface area contributed by atoms with Gasteiger partial charge in [-0.1, -0.05) is 42.8 Å². The maximum Gasteiger partial charge on any atom is 0.129 e. The Kier molecular flexibility index (Phi) is 3.99. The van der Waals surface area contributed by atoms with Gasteiger partial charge in [0, 0.05) is 11.8 Å². The molecule has 0 atom stereocenters. The third-order valence-electron chi connectivity index (χ3n) is 2.54. The molecule has 0 aliphatic heterocycles. The molecule has 2 rings (SSSR count). The number of para-hydroxylation sites is 1. The molecule has 88 valence electrons.